The van der Waals surface area contributed by atoms with Gasteiger partial charge in [0, 0.05) is 30.5 Å². The van der Waals surface area contributed by atoms with Crippen LogP contribution in [0.2, 0.25) is 0 Å². The first kappa shape index (κ1) is 18.2. The molecule has 1 amide bonds. The summed E-state index contributed by atoms with van der Waals surface area (Å²) in [4.78, 5) is 14.9. The SMILES string of the molecule is CCOc1cc(C(=O)N2CCn3cccc3C2)cc(OCC)c1OCC. The third-order valence-electron chi connectivity index (χ3n) is 4.33. The summed E-state index contributed by atoms with van der Waals surface area (Å²) in [6.45, 7) is 9.29. The number of carbonyl (C=O) groups excluding carboxylic acids is 1. The number of rotatable bonds is 7. The second kappa shape index (κ2) is 8.17. The van der Waals surface area contributed by atoms with Gasteiger partial charge in [-0.15, -0.1) is 0 Å². The summed E-state index contributed by atoms with van der Waals surface area (Å²) >= 11 is 0. The van der Waals surface area contributed by atoms with E-state index in [9.17, 15) is 4.79 Å². The van der Waals surface area contributed by atoms with Crippen molar-refractivity contribution >= 4 is 5.91 Å². The zero-order chi connectivity index (χ0) is 18.5. The summed E-state index contributed by atoms with van der Waals surface area (Å²) in [6, 6.07) is 7.58. The highest BCUT2D eigenvalue weighted by molar-refractivity contribution is 5.95. The summed E-state index contributed by atoms with van der Waals surface area (Å²) in [7, 11) is 0. The van der Waals surface area contributed by atoms with E-state index in [0.29, 0.717) is 55.7 Å². The summed E-state index contributed by atoms with van der Waals surface area (Å²) in [5, 5.41) is 0. The van der Waals surface area contributed by atoms with Crippen LogP contribution in [0, 0.1) is 0 Å². The second-order valence-corrected chi connectivity index (χ2v) is 6.02. The Morgan fingerprint density at radius 3 is 2.27 bits per heavy atom. The van der Waals surface area contributed by atoms with E-state index in [1.165, 1.54) is 0 Å². The molecule has 0 spiro atoms. The molecule has 0 bridgehead atoms. The topological polar surface area (TPSA) is 52.9 Å². The molecule has 2 heterocycles. The van der Waals surface area contributed by atoms with Crippen LogP contribution >= 0.6 is 0 Å². The Hall–Kier alpha value is -2.63. The van der Waals surface area contributed by atoms with Crippen LogP contribution < -0.4 is 14.2 Å². The third kappa shape index (κ3) is 3.64. The Bertz CT molecular complexity index is 742. The number of nitrogens with zero attached hydrogens (tertiary/aromatic N) is 2. The van der Waals surface area contributed by atoms with E-state index in [1.807, 2.05) is 31.7 Å². The molecule has 6 heteroatoms. The lowest BCUT2D eigenvalue weighted by molar-refractivity contribution is 0.0710. The standard InChI is InChI=1S/C20H26N2O4/c1-4-24-17-12-15(13-18(25-5-2)19(17)26-6-3)20(23)22-11-10-21-9-7-8-16(21)14-22/h7-9,12-13H,4-6,10-11,14H2,1-3H3. The highest BCUT2D eigenvalue weighted by Crippen LogP contribution is 2.39. The van der Waals surface area contributed by atoms with E-state index >= 15 is 0 Å². The first-order chi connectivity index (χ1) is 12.7. The van der Waals surface area contributed by atoms with E-state index in [4.69, 9.17) is 14.2 Å². The van der Waals surface area contributed by atoms with Crippen molar-refractivity contribution < 1.29 is 19.0 Å². The Morgan fingerprint density at radius 1 is 1.00 bits per heavy atom. The highest BCUT2D eigenvalue weighted by Gasteiger charge is 2.24. The van der Waals surface area contributed by atoms with Gasteiger partial charge in [0.15, 0.2) is 11.5 Å². The molecule has 0 saturated carbocycles. The van der Waals surface area contributed by atoms with Crippen LogP contribution in [0.4, 0.5) is 0 Å². The lowest BCUT2D eigenvalue weighted by Gasteiger charge is -2.29. The molecule has 1 aliphatic rings. The zero-order valence-corrected chi connectivity index (χ0v) is 15.7. The van der Waals surface area contributed by atoms with Gasteiger partial charge in [-0.3, -0.25) is 4.79 Å². The molecule has 0 fully saturated rings. The normalized spacial score (nSPS) is 13.3. The maximum absolute atomic E-state index is 13.1. The molecule has 3 rings (SSSR count). The Labute approximate surface area is 154 Å². The smallest absolute Gasteiger partial charge is 0.254 e. The molecule has 0 saturated heterocycles. The molecule has 2 aromatic rings. The van der Waals surface area contributed by atoms with Crippen LogP contribution in [0.5, 0.6) is 17.2 Å². The van der Waals surface area contributed by atoms with Gasteiger partial charge in [0.2, 0.25) is 5.75 Å². The molecule has 1 aromatic carbocycles. The lowest BCUT2D eigenvalue weighted by Crippen LogP contribution is -2.37. The van der Waals surface area contributed by atoms with Crippen molar-refractivity contribution in [2.75, 3.05) is 26.4 Å². The molecule has 0 N–H and O–H groups in total. The van der Waals surface area contributed by atoms with Crippen molar-refractivity contribution in [3.8, 4) is 17.2 Å². The van der Waals surface area contributed by atoms with Gasteiger partial charge in [0.1, 0.15) is 0 Å². The van der Waals surface area contributed by atoms with Crippen molar-refractivity contribution in [1.29, 1.82) is 0 Å². The van der Waals surface area contributed by atoms with Gasteiger partial charge in [-0.05, 0) is 45.0 Å². The fraction of sp³-hybridized carbons (Fsp3) is 0.450. The lowest BCUT2D eigenvalue weighted by atomic mass is 10.1. The summed E-state index contributed by atoms with van der Waals surface area (Å²) in [5.74, 6) is 1.62. The van der Waals surface area contributed by atoms with Gasteiger partial charge in [0.25, 0.3) is 5.91 Å². The molecule has 0 unspecified atom stereocenters. The average molecular weight is 358 g/mol. The number of carbonyl (C=O) groups is 1. The molecular formula is C20H26N2O4. The van der Waals surface area contributed by atoms with Crippen LogP contribution in [0.15, 0.2) is 30.5 Å². The minimum atomic E-state index is -0.0256. The van der Waals surface area contributed by atoms with Crippen molar-refractivity contribution in [1.82, 2.24) is 9.47 Å². The molecule has 26 heavy (non-hydrogen) atoms. The van der Waals surface area contributed by atoms with E-state index < -0.39 is 0 Å². The highest BCUT2D eigenvalue weighted by atomic mass is 16.5. The summed E-state index contributed by atoms with van der Waals surface area (Å²) < 4.78 is 19.3. The third-order valence-corrected chi connectivity index (χ3v) is 4.33. The van der Waals surface area contributed by atoms with Gasteiger partial charge in [0.05, 0.1) is 26.4 Å². The van der Waals surface area contributed by atoms with Gasteiger partial charge in [-0.1, -0.05) is 0 Å². The Morgan fingerprint density at radius 2 is 1.65 bits per heavy atom. The van der Waals surface area contributed by atoms with Crippen LogP contribution in [0.25, 0.3) is 0 Å². The maximum atomic E-state index is 13.1. The molecular weight excluding hydrogens is 332 g/mol. The number of hydrogen-bond acceptors (Lipinski definition) is 4. The number of amides is 1. The summed E-state index contributed by atoms with van der Waals surface area (Å²) in [6.07, 6.45) is 2.05. The Kier molecular flexibility index (Phi) is 5.71. The van der Waals surface area contributed by atoms with Gasteiger partial charge < -0.3 is 23.7 Å². The first-order valence-corrected chi connectivity index (χ1v) is 9.17. The molecule has 1 aromatic heterocycles. The minimum Gasteiger partial charge on any atom is -0.490 e. The van der Waals surface area contributed by atoms with Gasteiger partial charge in [-0.25, -0.2) is 0 Å². The molecule has 0 aliphatic carbocycles. The largest absolute Gasteiger partial charge is 0.490 e. The number of ether oxygens (including phenoxy) is 3. The van der Waals surface area contributed by atoms with E-state index in [-0.39, 0.29) is 5.91 Å². The predicted octanol–water partition coefficient (Wildman–Crippen LogP) is 3.34. The number of benzene rings is 1. The average Bonchev–Trinajstić information content (AvgIpc) is 3.11. The van der Waals surface area contributed by atoms with Gasteiger partial charge in [-0.2, -0.15) is 0 Å². The molecule has 6 nitrogen and oxygen atoms in total. The molecule has 140 valence electrons. The Balaban J connectivity index is 1.92. The van der Waals surface area contributed by atoms with E-state index in [1.54, 1.807) is 12.1 Å². The zero-order valence-electron chi connectivity index (χ0n) is 15.7. The fourth-order valence-corrected chi connectivity index (χ4v) is 3.18. The number of aromatic nitrogens is 1. The monoisotopic (exact) mass is 358 g/mol. The number of hydrogen-bond donors (Lipinski definition) is 0. The molecule has 1 aliphatic heterocycles. The van der Waals surface area contributed by atoms with Gasteiger partial charge >= 0.3 is 0 Å². The van der Waals surface area contributed by atoms with Crippen molar-refractivity contribution in [2.45, 2.75) is 33.9 Å². The van der Waals surface area contributed by atoms with E-state index in [2.05, 4.69) is 16.8 Å². The van der Waals surface area contributed by atoms with Crippen LogP contribution in [-0.4, -0.2) is 41.7 Å². The van der Waals surface area contributed by atoms with Crippen molar-refractivity contribution in [2.24, 2.45) is 0 Å². The van der Waals surface area contributed by atoms with Crippen molar-refractivity contribution in [3.05, 3.63) is 41.7 Å². The van der Waals surface area contributed by atoms with Crippen LogP contribution in [0.3, 0.4) is 0 Å². The first-order valence-electron chi connectivity index (χ1n) is 9.17. The second-order valence-electron chi connectivity index (χ2n) is 6.02. The quantitative estimate of drug-likeness (QED) is 0.762. The van der Waals surface area contributed by atoms with Crippen LogP contribution in [-0.2, 0) is 13.1 Å². The van der Waals surface area contributed by atoms with Crippen molar-refractivity contribution in [3.63, 3.8) is 0 Å². The predicted molar refractivity (Wildman–Crippen MR) is 99.1 cm³/mol. The molecule has 0 radical (unpaired) electrons. The van der Waals surface area contributed by atoms with E-state index in [0.717, 1.165) is 12.2 Å². The fourth-order valence-electron chi connectivity index (χ4n) is 3.18. The summed E-state index contributed by atoms with van der Waals surface area (Å²) in [5.41, 5.74) is 1.70. The molecule has 0 atom stereocenters. The number of fused-ring (bicyclic) bond motifs is 1. The maximum Gasteiger partial charge on any atom is 0.254 e. The minimum absolute atomic E-state index is 0.0256. The van der Waals surface area contributed by atoms with Crippen LogP contribution in [0.1, 0.15) is 36.8 Å².